The summed E-state index contributed by atoms with van der Waals surface area (Å²) in [4.78, 5) is 20.9. The van der Waals surface area contributed by atoms with Crippen molar-refractivity contribution in [3.8, 4) is 17.0 Å². The lowest BCUT2D eigenvalue weighted by Gasteiger charge is -2.39. The molecule has 2 unspecified atom stereocenters. The van der Waals surface area contributed by atoms with Crippen LogP contribution in [0.25, 0.3) is 22.2 Å². The average Bonchev–Trinajstić information content (AvgIpc) is 3.01. The van der Waals surface area contributed by atoms with Gasteiger partial charge in [-0.2, -0.15) is 0 Å². The van der Waals surface area contributed by atoms with Crippen molar-refractivity contribution in [3.63, 3.8) is 0 Å². The Morgan fingerprint density at radius 1 is 1.06 bits per heavy atom. The second-order valence-electron chi connectivity index (χ2n) is 10.4. The number of likely N-dealkylation sites (tertiary alicyclic amines) is 1. The van der Waals surface area contributed by atoms with E-state index < -0.39 is 0 Å². The average molecular weight is 415 g/mol. The minimum atomic E-state index is 0.139. The molecule has 2 aliphatic rings. The van der Waals surface area contributed by atoms with E-state index in [0.29, 0.717) is 6.04 Å². The number of hydrogen-bond donors (Lipinski definition) is 0. The highest BCUT2D eigenvalue weighted by Gasteiger charge is 2.51. The van der Waals surface area contributed by atoms with Gasteiger partial charge in [-0.15, -0.1) is 0 Å². The second-order valence-corrected chi connectivity index (χ2v) is 10.4. The molecule has 31 heavy (non-hydrogen) atoms. The first-order chi connectivity index (χ1) is 14.8. The van der Waals surface area contributed by atoms with Crippen LogP contribution in [0.4, 0.5) is 0 Å². The molecule has 2 atom stereocenters. The minimum absolute atomic E-state index is 0.139. The Labute approximate surface area is 184 Å². The molecule has 1 saturated carbocycles. The highest BCUT2D eigenvalue weighted by atomic mass is 16.5. The maximum Gasteiger partial charge on any atom is 0.254 e. The SMILES string of the molecule is COc1ccc(-c2cc(C(=O)N3CC4(C)CC3CC(C)(C)C4)c3ccccc3n2)cc1. The molecule has 1 aromatic heterocycles. The molecule has 0 spiro atoms. The van der Waals surface area contributed by atoms with Crippen LogP contribution in [0, 0.1) is 10.8 Å². The number of amides is 1. The molecule has 4 heteroatoms. The number of carbonyl (C=O) groups excluding carboxylic acids is 1. The predicted octanol–water partition coefficient (Wildman–Crippen LogP) is 5.95. The third-order valence-corrected chi connectivity index (χ3v) is 7.01. The number of carbonyl (C=O) groups is 1. The van der Waals surface area contributed by atoms with Crippen molar-refractivity contribution in [2.24, 2.45) is 10.8 Å². The Balaban J connectivity index is 1.58. The number of nitrogens with zero attached hydrogens (tertiary/aromatic N) is 2. The van der Waals surface area contributed by atoms with Crippen LogP contribution in [0.5, 0.6) is 5.75 Å². The predicted molar refractivity (Wildman–Crippen MR) is 124 cm³/mol. The molecule has 1 aliphatic carbocycles. The summed E-state index contributed by atoms with van der Waals surface area (Å²) >= 11 is 0. The lowest BCUT2D eigenvalue weighted by atomic mass is 9.65. The van der Waals surface area contributed by atoms with Crippen molar-refractivity contribution in [1.29, 1.82) is 0 Å². The molecule has 5 rings (SSSR count). The number of fused-ring (bicyclic) bond motifs is 3. The summed E-state index contributed by atoms with van der Waals surface area (Å²) in [6, 6.07) is 18.1. The van der Waals surface area contributed by atoms with E-state index in [0.717, 1.165) is 52.9 Å². The van der Waals surface area contributed by atoms with E-state index >= 15 is 0 Å². The first-order valence-electron chi connectivity index (χ1n) is 11.1. The minimum Gasteiger partial charge on any atom is -0.497 e. The summed E-state index contributed by atoms with van der Waals surface area (Å²) in [5, 5.41) is 0.927. The van der Waals surface area contributed by atoms with Gasteiger partial charge in [0, 0.05) is 23.5 Å². The van der Waals surface area contributed by atoms with E-state index in [1.807, 2.05) is 54.6 Å². The van der Waals surface area contributed by atoms with Crippen molar-refractivity contribution in [2.75, 3.05) is 13.7 Å². The zero-order chi connectivity index (χ0) is 21.8. The zero-order valence-corrected chi connectivity index (χ0v) is 18.8. The Kier molecular flexibility index (Phi) is 4.58. The molecule has 4 nitrogen and oxygen atoms in total. The lowest BCUT2D eigenvalue weighted by Crippen LogP contribution is -2.37. The van der Waals surface area contributed by atoms with Crippen LogP contribution in [0.2, 0.25) is 0 Å². The molecule has 3 aromatic rings. The fraction of sp³-hybridized carbons (Fsp3) is 0.407. The van der Waals surface area contributed by atoms with Gasteiger partial charge in [0.2, 0.25) is 0 Å². The molecule has 160 valence electrons. The summed E-state index contributed by atoms with van der Waals surface area (Å²) in [6.07, 6.45) is 3.35. The van der Waals surface area contributed by atoms with E-state index in [4.69, 9.17) is 9.72 Å². The maximum atomic E-state index is 13.9. The number of methoxy groups -OCH3 is 1. The highest BCUT2D eigenvalue weighted by molar-refractivity contribution is 6.07. The van der Waals surface area contributed by atoms with E-state index in [9.17, 15) is 4.79 Å². The highest BCUT2D eigenvalue weighted by Crippen LogP contribution is 2.52. The smallest absolute Gasteiger partial charge is 0.254 e. The fourth-order valence-corrected chi connectivity index (χ4v) is 6.11. The van der Waals surface area contributed by atoms with Gasteiger partial charge >= 0.3 is 0 Å². The van der Waals surface area contributed by atoms with Gasteiger partial charge in [0.05, 0.1) is 23.9 Å². The largest absolute Gasteiger partial charge is 0.497 e. The number of aromatic nitrogens is 1. The van der Waals surface area contributed by atoms with Gasteiger partial charge in [0.25, 0.3) is 5.91 Å². The summed E-state index contributed by atoms with van der Waals surface area (Å²) in [5.74, 6) is 0.945. The summed E-state index contributed by atoms with van der Waals surface area (Å²) < 4.78 is 5.29. The standard InChI is InChI=1S/C27H30N2O2/c1-26(2)14-19-15-27(3,16-26)17-29(19)25(30)22-13-24(18-9-11-20(31-4)12-10-18)28-23-8-6-5-7-21(22)23/h5-13,19H,14-17H2,1-4H3. The van der Waals surface area contributed by atoms with Crippen LogP contribution < -0.4 is 4.74 Å². The first-order valence-corrected chi connectivity index (χ1v) is 11.1. The molecule has 1 aliphatic heterocycles. The third-order valence-electron chi connectivity index (χ3n) is 7.01. The lowest BCUT2D eigenvalue weighted by molar-refractivity contribution is 0.0710. The van der Waals surface area contributed by atoms with Crippen molar-refractivity contribution in [2.45, 2.75) is 46.1 Å². The van der Waals surface area contributed by atoms with Crippen molar-refractivity contribution < 1.29 is 9.53 Å². The molecule has 2 bridgehead atoms. The Bertz CT molecular complexity index is 1150. The van der Waals surface area contributed by atoms with Gasteiger partial charge in [0.15, 0.2) is 0 Å². The second kappa shape index (κ2) is 7.08. The third kappa shape index (κ3) is 3.58. The molecule has 1 amide bonds. The Morgan fingerprint density at radius 2 is 1.81 bits per heavy atom. The number of hydrogen-bond acceptors (Lipinski definition) is 3. The number of benzene rings is 2. The Morgan fingerprint density at radius 3 is 2.55 bits per heavy atom. The molecular weight excluding hydrogens is 384 g/mol. The van der Waals surface area contributed by atoms with Gasteiger partial charge < -0.3 is 9.64 Å². The fourth-order valence-electron chi connectivity index (χ4n) is 6.11. The summed E-state index contributed by atoms with van der Waals surface area (Å²) in [7, 11) is 1.66. The topological polar surface area (TPSA) is 42.4 Å². The maximum absolute atomic E-state index is 13.9. The van der Waals surface area contributed by atoms with E-state index in [2.05, 4.69) is 25.7 Å². The van der Waals surface area contributed by atoms with Crippen molar-refractivity contribution in [3.05, 3.63) is 60.2 Å². The van der Waals surface area contributed by atoms with E-state index in [1.54, 1.807) is 7.11 Å². The van der Waals surface area contributed by atoms with Gasteiger partial charge in [-0.25, -0.2) is 4.98 Å². The van der Waals surface area contributed by atoms with Gasteiger partial charge in [-0.1, -0.05) is 39.0 Å². The molecule has 2 heterocycles. The van der Waals surface area contributed by atoms with Gasteiger partial charge in [-0.05, 0) is 66.5 Å². The van der Waals surface area contributed by atoms with Crippen LogP contribution in [-0.4, -0.2) is 35.5 Å². The Hall–Kier alpha value is -2.88. The van der Waals surface area contributed by atoms with E-state index in [1.165, 1.54) is 6.42 Å². The molecular formula is C27H30N2O2. The molecule has 2 aromatic carbocycles. The number of pyridine rings is 1. The molecule has 0 N–H and O–H groups in total. The molecule has 0 radical (unpaired) electrons. The van der Waals surface area contributed by atoms with Crippen LogP contribution in [0.1, 0.15) is 50.4 Å². The summed E-state index contributed by atoms with van der Waals surface area (Å²) in [5.41, 5.74) is 3.90. The summed E-state index contributed by atoms with van der Waals surface area (Å²) in [6.45, 7) is 7.88. The number of ether oxygens (including phenoxy) is 1. The normalized spacial score (nSPS) is 24.4. The van der Waals surface area contributed by atoms with Crippen LogP contribution >= 0.6 is 0 Å². The molecule has 1 saturated heterocycles. The number of rotatable bonds is 3. The quantitative estimate of drug-likeness (QED) is 0.532. The van der Waals surface area contributed by atoms with E-state index in [-0.39, 0.29) is 16.7 Å². The number of para-hydroxylation sites is 1. The first kappa shape index (κ1) is 20.0. The van der Waals surface area contributed by atoms with Crippen LogP contribution in [0.15, 0.2) is 54.6 Å². The van der Waals surface area contributed by atoms with Gasteiger partial charge in [-0.3, -0.25) is 4.79 Å². The monoisotopic (exact) mass is 414 g/mol. The van der Waals surface area contributed by atoms with Crippen molar-refractivity contribution >= 4 is 16.8 Å². The van der Waals surface area contributed by atoms with Crippen LogP contribution in [0.3, 0.4) is 0 Å². The molecule has 2 fully saturated rings. The zero-order valence-electron chi connectivity index (χ0n) is 18.8. The van der Waals surface area contributed by atoms with Crippen molar-refractivity contribution in [1.82, 2.24) is 9.88 Å². The van der Waals surface area contributed by atoms with Gasteiger partial charge in [0.1, 0.15) is 5.75 Å². The van der Waals surface area contributed by atoms with Crippen LogP contribution in [-0.2, 0) is 0 Å².